The van der Waals surface area contributed by atoms with Crippen molar-refractivity contribution in [1.29, 1.82) is 0 Å². The second kappa shape index (κ2) is 15.6. The third-order valence-electron chi connectivity index (χ3n) is 8.93. The van der Waals surface area contributed by atoms with Crippen LogP contribution in [0, 0.1) is 0 Å². The average molecular weight is 694 g/mol. The molecule has 0 saturated carbocycles. The van der Waals surface area contributed by atoms with E-state index in [1.807, 2.05) is 91.3 Å². The van der Waals surface area contributed by atoms with Crippen molar-refractivity contribution in [3.05, 3.63) is 150 Å². The molecule has 0 unspecified atom stereocenters. The molecule has 7 aromatic rings. The van der Waals surface area contributed by atoms with Crippen molar-refractivity contribution in [2.75, 3.05) is 23.3 Å². The third kappa shape index (κ3) is 7.92. The zero-order valence-electron chi connectivity index (χ0n) is 28.5. The summed E-state index contributed by atoms with van der Waals surface area (Å²) in [7, 11) is 0. The van der Waals surface area contributed by atoms with Crippen LogP contribution < -0.4 is 16.0 Å². The third-order valence-corrected chi connectivity index (χ3v) is 8.93. The Morgan fingerprint density at radius 2 is 1.42 bits per heavy atom. The molecule has 12 heteroatoms. The Balaban J connectivity index is 0.000000234. The Morgan fingerprint density at radius 1 is 0.827 bits per heavy atom. The summed E-state index contributed by atoms with van der Waals surface area (Å²) in [4.78, 5) is 34.2. The van der Waals surface area contributed by atoms with Gasteiger partial charge in [-0.2, -0.15) is 10.2 Å². The Kier molecular flexibility index (Phi) is 10.2. The molecule has 1 aliphatic rings. The number of rotatable bonds is 9. The van der Waals surface area contributed by atoms with Crippen LogP contribution in [0.2, 0.25) is 0 Å². The molecule has 1 saturated heterocycles. The van der Waals surface area contributed by atoms with E-state index in [2.05, 4.69) is 37.5 Å². The highest BCUT2D eigenvalue weighted by Gasteiger charge is 2.25. The molecule has 262 valence electrons. The zero-order valence-corrected chi connectivity index (χ0v) is 28.5. The number of fused-ring (bicyclic) bond motifs is 1. The van der Waals surface area contributed by atoms with Crippen LogP contribution in [0.1, 0.15) is 44.7 Å². The van der Waals surface area contributed by atoms with Gasteiger partial charge in [0, 0.05) is 49.5 Å². The lowest BCUT2D eigenvalue weighted by molar-refractivity contribution is 0.0696. The van der Waals surface area contributed by atoms with Gasteiger partial charge in [0.1, 0.15) is 5.65 Å². The number of nitrogens with one attached hydrogen (secondary N) is 2. The van der Waals surface area contributed by atoms with E-state index in [0.29, 0.717) is 24.3 Å². The summed E-state index contributed by atoms with van der Waals surface area (Å²) in [5, 5.41) is 21.1. The highest BCUT2D eigenvalue weighted by Crippen LogP contribution is 2.41. The van der Waals surface area contributed by atoms with Gasteiger partial charge >= 0.3 is 5.97 Å². The Morgan fingerprint density at radius 3 is 2.02 bits per heavy atom. The van der Waals surface area contributed by atoms with Crippen molar-refractivity contribution < 1.29 is 14.7 Å². The highest BCUT2D eigenvalue weighted by atomic mass is 16.4. The number of aromatic amines is 1. The number of aromatic carboxylic acids is 1. The molecular formula is C40H39N9O3. The van der Waals surface area contributed by atoms with Gasteiger partial charge in [0.15, 0.2) is 0 Å². The molecule has 12 nitrogen and oxygen atoms in total. The molecule has 1 aliphatic heterocycles. The van der Waals surface area contributed by atoms with Crippen molar-refractivity contribution in [3.8, 4) is 11.1 Å². The number of H-pyrrole nitrogens is 1. The first-order valence-corrected chi connectivity index (χ1v) is 17.1. The summed E-state index contributed by atoms with van der Waals surface area (Å²) in [6.07, 6.45) is 12.0. The monoisotopic (exact) mass is 693 g/mol. The van der Waals surface area contributed by atoms with Gasteiger partial charge in [0.05, 0.1) is 53.4 Å². The van der Waals surface area contributed by atoms with Gasteiger partial charge in [-0.1, -0.05) is 91.0 Å². The van der Waals surface area contributed by atoms with Crippen molar-refractivity contribution >= 4 is 34.3 Å². The van der Waals surface area contributed by atoms with Gasteiger partial charge in [-0.3, -0.25) is 14.2 Å². The first-order chi connectivity index (χ1) is 25.4. The van der Waals surface area contributed by atoms with Gasteiger partial charge in [0.25, 0.3) is 5.91 Å². The number of pyridine rings is 1. The van der Waals surface area contributed by atoms with Crippen molar-refractivity contribution in [2.24, 2.45) is 5.73 Å². The number of carbonyl (C=O) groups is 2. The summed E-state index contributed by atoms with van der Waals surface area (Å²) in [6.45, 7) is 2.85. The van der Waals surface area contributed by atoms with Crippen LogP contribution in [-0.4, -0.2) is 65.6 Å². The van der Waals surface area contributed by atoms with Crippen molar-refractivity contribution in [3.63, 3.8) is 0 Å². The maximum Gasteiger partial charge on any atom is 0.338 e. The molecule has 0 radical (unpaired) electrons. The number of aromatic nitrogens is 6. The maximum atomic E-state index is 13.3. The molecule has 0 bridgehead atoms. The largest absolute Gasteiger partial charge is 0.478 e. The molecule has 0 aliphatic carbocycles. The van der Waals surface area contributed by atoms with Crippen LogP contribution in [0.3, 0.4) is 0 Å². The number of hydrogen-bond donors (Lipinski definition) is 4. The first kappa shape index (κ1) is 33.9. The Hall–Kier alpha value is -6.53. The molecule has 5 N–H and O–H groups in total. The Bertz CT molecular complexity index is 2260. The number of piperidine rings is 1. The number of nitrogens with zero attached hydrogens (tertiary/aromatic N) is 6. The number of benzene rings is 3. The van der Waals surface area contributed by atoms with Crippen LogP contribution in [0.25, 0.3) is 22.2 Å². The summed E-state index contributed by atoms with van der Waals surface area (Å²) in [6, 6.07) is 30.2. The minimum absolute atomic E-state index is 0.105. The molecular weight excluding hydrogens is 654 g/mol. The second-order valence-electron chi connectivity index (χ2n) is 12.7. The molecule has 1 atom stereocenters. The molecule has 5 heterocycles. The highest BCUT2D eigenvalue weighted by molar-refractivity contribution is 6.13. The summed E-state index contributed by atoms with van der Waals surface area (Å²) in [5.74, 6) is -1.17. The van der Waals surface area contributed by atoms with Gasteiger partial charge in [-0.15, -0.1) is 0 Å². The van der Waals surface area contributed by atoms with Crippen LogP contribution in [-0.2, 0) is 13.1 Å². The molecule has 3 aromatic carbocycles. The number of amides is 1. The molecule has 1 amide bonds. The number of carbonyl (C=O) groups excluding carboxylic acids is 1. The van der Waals surface area contributed by atoms with E-state index in [9.17, 15) is 9.59 Å². The summed E-state index contributed by atoms with van der Waals surface area (Å²) < 4.78 is 3.38. The van der Waals surface area contributed by atoms with E-state index in [1.165, 1.54) is 12.4 Å². The summed E-state index contributed by atoms with van der Waals surface area (Å²) in [5.41, 5.74) is 13.9. The SMILES string of the molecule is N[C@@H]1CCCN(c2c(-c3ccccc3)cnc3[nH]cc(NC(=O)c4cnn(Cc5ccccc5)c4)c23)C1.O=C(O)c1cnn(Cc2ccccc2)c1. The maximum absolute atomic E-state index is 13.3. The number of hydrogen-bond acceptors (Lipinski definition) is 7. The minimum atomic E-state index is -0.950. The van der Waals surface area contributed by atoms with Crippen molar-refractivity contribution in [2.45, 2.75) is 32.0 Å². The van der Waals surface area contributed by atoms with Crippen LogP contribution in [0.4, 0.5) is 11.4 Å². The smallest absolute Gasteiger partial charge is 0.338 e. The molecule has 0 spiro atoms. The quantitative estimate of drug-likeness (QED) is 0.137. The summed E-state index contributed by atoms with van der Waals surface area (Å²) >= 11 is 0. The van der Waals surface area contributed by atoms with E-state index in [1.54, 1.807) is 21.8 Å². The predicted molar refractivity (Wildman–Crippen MR) is 201 cm³/mol. The lowest BCUT2D eigenvalue weighted by atomic mass is 9.99. The lowest BCUT2D eigenvalue weighted by Crippen LogP contribution is -2.43. The van der Waals surface area contributed by atoms with Gasteiger partial charge in [0.2, 0.25) is 0 Å². The Labute approximate surface area is 300 Å². The van der Waals surface area contributed by atoms with E-state index in [-0.39, 0.29) is 17.5 Å². The fourth-order valence-electron chi connectivity index (χ4n) is 6.41. The fourth-order valence-corrected chi connectivity index (χ4v) is 6.41. The number of nitrogens with two attached hydrogens (primary N) is 1. The standard InChI is InChI=1S/C29H29N7O.C11H10N2O2/c30-23-12-7-13-35(19-23)27-24(21-10-5-2-6-11-21)15-31-28-26(27)25(16-32-28)34-29(37)22-14-33-36(18-22)17-20-8-3-1-4-9-20;14-11(15)10-6-12-13(8-10)7-9-4-2-1-3-5-9/h1-6,8-11,14-16,18,23H,7,12-13,17,19,30H2,(H,31,32)(H,34,37);1-6,8H,7H2,(H,14,15)/t23-;/m1./s1. The van der Waals surface area contributed by atoms with Gasteiger partial charge < -0.3 is 26.0 Å². The number of carboxylic acids is 1. The van der Waals surface area contributed by atoms with E-state index in [0.717, 1.165) is 64.9 Å². The normalized spacial score (nSPS) is 14.1. The lowest BCUT2D eigenvalue weighted by Gasteiger charge is -2.34. The predicted octanol–water partition coefficient (Wildman–Crippen LogP) is 6.28. The molecule has 52 heavy (non-hydrogen) atoms. The average Bonchev–Trinajstić information content (AvgIpc) is 3.94. The van der Waals surface area contributed by atoms with Crippen LogP contribution in [0.5, 0.6) is 0 Å². The molecule has 4 aromatic heterocycles. The van der Waals surface area contributed by atoms with E-state index >= 15 is 0 Å². The van der Waals surface area contributed by atoms with Gasteiger partial charge in [-0.05, 0) is 29.5 Å². The first-order valence-electron chi connectivity index (χ1n) is 17.1. The fraction of sp³-hybridized carbons (Fsp3) is 0.175. The number of anilines is 2. The van der Waals surface area contributed by atoms with Crippen LogP contribution >= 0.6 is 0 Å². The van der Waals surface area contributed by atoms with E-state index < -0.39 is 5.97 Å². The molecule has 1 fully saturated rings. The topological polar surface area (TPSA) is 160 Å². The van der Waals surface area contributed by atoms with Crippen molar-refractivity contribution in [1.82, 2.24) is 29.5 Å². The van der Waals surface area contributed by atoms with Gasteiger partial charge in [-0.25, -0.2) is 9.78 Å². The van der Waals surface area contributed by atoms with E-state index in [4.69, 9.17) is 15.8 Å². The zero-order chi connectivity index (χ0) is 35.9. The number of carboxylic acid groups (broad SMARTS) is 1. The van der Waals surface area contributed by atoms with Crippen LogP contribution in [0.15, 0.2) is 128 Å². The minimum Gasteiger partial charge on any atom is -0.478 e. The second-order valence-corrected chi connectivity index (χ2v) is 12.7. The molecule has 8 rings (SSSR count).